The Morgan fingerprint density at radius 2 is 1.95 bits per heavy atom. The van der Waals surface area contributed by atoms with Gasteiger partial charge in [0, 0.05) is 12.6 Å². The van der Waals surface area contributed by atoms with Crippen LogP contribution >= 0.6 is 0 Å². The standard InChI is InChI=1S/C17H26FNO2/c1-4-17(5-2,16(20)21)12-19-13(3)10-11-14-8-6-7-9-15(14)18/h6-9,13,19H,4-5,10-12H2,1-3H3,(H,20,21). The van der Waals surface area contributed by atoms with Crippen molar-refractivity contribution in [3.8, 4) is 0 Å². The Hall–Kier alpha value is -1.42. The van der Waals surface area contributed by atoms with E-state index in [1.807, 2.05) is 26.8 Å². The topological polar surface area (TPSA) is 49.3 Å². The SMILES string of the molecule is CCC(CC)(CNC(C)CCc1ccccc1F)C(=O)O. The van der Waals surface area contributed by atoms with Crippen molar-refractivity contribution in [1.82, 2.24) is 5.32 Å². The van der Waals surface area contributed by atoms with Crippen molar-refractivity contribution >= 4 is 5.97 Å². The molecule has 0 saturated carbocycles. The molecule has 1 unspecified atom stereocenters. The van der Waals surface area contributed by atoms with Gasteiger partial charge >= 0.3 is 5.97 Å². The third kappa shape index (κ3) is 4.81. The fourth-order valence-electron chi connectivity index (χ4n) is 2.42. The van der Waals surface area contributed by atoms with Gasteiger partial charge in [-0.25, -0.2) is 4.39 Å². The summed E-state index contributed by atoms with van der Waals surface area (Å²) in [5, 5.41) is 12.7. The highest BCUT2D eigenvalue weighted by Crippen LogP contribution is 2.26. The third-order valence-electron chi connectivity index (χ3n) is 4.40. The zero-order valence-corrected chi connectivity index (χ0v) is 13.2. The molecule has 3 nitrogen and oxygen atoms in total. The zero-order valence-electron chi connectivity index (χ0n) is 13.2. The van der Waals surface area contributed by atoms with Crippen LogP contribution in [-0.2, 0) is 11.2 Å². The van der Waals surface area contributed by atoms with Gasteiger partial charge in [0.25, 0.3) is 0 Å². The number of rotatable bonds is 9. The van der Waals surface area contributed by atoms with E-state index in [1.54, 1.807) is 12.1 Å². The minimum atomic E-state index is -0.749. The Bertz CT molecular complexity index is 458. The number of nitrogens with one attached hydrogen (secondary N) is 1. The molecule has 21 heavy (non-hydrogen) atoms. The molecule has 0 amide bonds. The van der Waals surface area contributed by atoms with E-state index in [9.17, 15) is 14.3 Å². The molecule has 2 N–H and O–H groups in total. The highest BCUT2D eigenvalue weighted by atomic mass is 19.1. The second kappa shape index (κ2) is 8.13. The lowest BCUT2D eigenvalue weighted by Crippen LogP contribution is -2.43. The third-order valence-corrected chi connectivity index (χ3v) is 4.40. The molecular weight excluding hydrogens is 269 g/mol. The Labute approximate surface area is 126 Å². The van der Waals surface area contributed by atoms with Gasteiger partial charge in [0.15, 0.2) is 0 Å². The quantitative estimate of drug-likeness (QED) is 0.731. The lowest BCUT2D eigenvalue weighted by Gasteiger charge is -2.29. The number of hydrogen-bond acceptors (Lipinski definition) is 2. The Morgan fingerprint density at radius 3 is 2.48 bits per heavy atom. The van der Waals surface area contributed by atoms with Gasteiger partial charge in [-0.2, -0.15) is 0 Å². The van der Waals surface area contributed by atoms with Gasteiger partial charge in [0.1, 0.15) is 5.82 Å². The van der Waals surface area contributed by atoms with E-state index in [0.29, 0.717) is 31.4 Å². The number of aliphatic carboxylic acids is 1. The van der Waals surface area contributed by atoms with Gasteiger partial charge in [0.05, 0.1) is 5.41 Å². The van der Waals surface area contributed by atoms with Crippen LogP contribution in [0.1, 0.15) is 45.6 Å². The predicted octanol–water partition coefficient (Wildman–Crippen LogP) is 3.63. The van der Waals surface area contributed by atoms with Crippen LogP contribution in [-0.4, -0.2) is 23.7 Å². The first kappa shape index (κ1) is 17.6. The van der Waals surface area contributed by atoms with Crippen molar-refractivity contribution in [2.75, 3.05) is 6.54 Å². The van der Waals surface area contributed by atoms with Crippen molar-refractivity contribution in [2.24, 2.45) is 5.41 Å². The minimum Gasteiger partial charge on any atom is -0.481 e. The number of carbonyl (C=O) groups is 1. The average molecular weight is 295 g/mol. The molecule has 0 fully saturated rings. The molecule has 118 valence electrons. The van der Waals surface area contributed by atoms with Gasteiger partial charge in [0.2, 0.25) is 0 Å². The van der Waals surface area contributed by atoms with Crippen LogP contribution in [0.3, 0.4) is 0 Å². The van der Waals surface area contributed by atoms with Gasteiger partial charge in [-0.1, -0.05) is 32.0 Å². The van der Waals surface area contributed by atoms with Crippen LogP contribution < -0.4 is 5.32 Å². The smallest absolute Gasteiger partial charge is 0.310 e. The van der Waals surface area contributed by atoms with E-state index in [1.165, 1.54) is 6.07 Å². The first-order valence-electron chi connectivity index (χ1n) is 7.65. The largest absolute Gasteiger partial charge is 0.481 e. The van der Waals surface area contributed by atoms with Crippen LogP contribution in [0.15, 0.2) is 24.3 Å². The summed E-state index contributed by atoms with van der Waals surface area (Å²) in [6, 6.07) is 6.93. The Morgan fingerprint density at radius 1 is 1.33 bits per heavy atom. The first-order chi connectivity index (χ1) is 9.95. The number of carboxylic acids is 1. The van der Waals surface area contributed by atoms with Crippen molar-refractivity contribution in [1.29, 1.82) is 0 Å². The molecule has 1 aromatic rings. The van der Waals surface area contributed by atoms with Gasteiger partial charge in [-0.15, -0.1) is 0 Å². The van der Waals surface area contributed by atoms with E-state index in [2.05, 4.69) is 5.32 Å². The maximum absolute atomic E-state index is 13.5. The molecule has 0 aliphatic rings. The fourth-order valence-corrected chi connectivity index (χ4v) is 2.42. The van der Waals surface area contributed by atoms with Crippen LogP contribution in [0.5, 0.6) is 0 Å². The second-order valence-corrected chi connectivity index (χ2v) is 5.70. The molecular formula is C17H26FNO2. The highest BCUT2D eigenvalue weighted by molar-refractivity contribution is 5.74. The van der Waals surface area contributed by atoms with Crippen LogP contribution in [0.25, 0.3) is 0 Å². The number of hydrogen-bond donors (Lipinski definition) is 2. The lowest BCUT2D eigenvalue weighted by molar-refractivity contribution is -0.149. The van der Waals surface area contributed by atoms with E-state index >= 15 is 0 Å². The number of carboxylic acid groups (broad SMARTS) is 1. The molecule has 0 heterocycles. The lowest BCUT2D eigenvalue weighted by atomic mass is 9.82. The molecule has 0 aliphatic carbocycles. The Kier molecular flexibility index (Phi) is 6.82. The summed E-state index contributed by atoms with van der Waals surface area (Å²) in [5.41, 5.74) is 0.00772. The summed E-state index contributed by atoms with van der Waals surface area (Å²) in [6.07, 6.45) is 2.64. The van der Waals surface area contributed by atoms with E-state index in [4.69, 9.17) is 0 Å². The minimum absolute atomic E-state index is 0.154. The fraction of sp³-hybridized carbons (Fsp3) is 0.588. The van der Waals surface area contributed by atoms with Crippen LogP contribution in [0, 0.1) is 11.2 Å². The normalized spacial score (nSPS) is 13.1. The molecule has 1 atom stereocenters. The summed E-state index contributed by atoms with van der Waals surface area (Å²) >= 11 is 0. The van der Waals surface area contributed by atoms with Crippen LogP contribution in [0.4, 0.5) is 4.39 Å². The molecule has 0 spiro atoms. The maximum atomic E-state index is 13.5. The molecule has 0 aliphatic heterocycles. The molecule has 0 radical (unpaired) electrons. The summed E-state index contributed by atoms with van der Waals surface area (Å²) in [6.45, 7) is 6.28. The molecule has 0 saturated heterocycles. The average Bonchev–Trinajstić information content (AvgIpc) is 2.47. The summed E-state index contributed by atoms with van der Waals surface area (Å²) in [5.74, 6) is -0.923. The van der Waals surface area contributed by atoms with Crippen LogP contribution in [0.2, 0.25) is 0 Å². The molecule has 1 rings (SSSR count). The molecule has 0 bridgehead atoms. The predicted molar refractivity (Wildman–Crippen MR) is 82.8 cm³/mol. The summed E-state index contributed by atoms with van der Waals surface area (Å²) in [4.78, 5) is 11.4. The monoisotopic (exact) mass is 295 g/mol. The van der Waals surface area contributed by atoms with Crippen molar-refractivity contribution < 1.29 is 14.3 Å². The van der Waals surface area contributed by atoms with E-state index in [-0.39, 0.29) is 11.9 Å². The number of halogens is 1. The summed E-state index contributed by atoms with van der Waals surface area (Å²) < 4.78 is 13.5. The molecule has 0 aromatic heterocycles. The van der Waals surface area contributed by atoms with Crippen molar-refractivity contribution in [3.63, 3.8) is 0 Å². The van der Waals surface area contributed by atoms with E-state index in [0.717, 1.165) is 6.42 Å². The van der Waals surface area contributed by atoms with Gasteiger partial charge < -0.3 is 10.4 Å². The second-order valence-electron chi connectivity index (χ2n) is 5.70. The van der Waals surface area contributed by atoms with Gasteiger partial charge in [-0.3, -0.25) is 4.79 Å². The van der Waals surface area contributed by atoms with Crippen molar-refractivity contribution in [3.05, 3.63) is 35.6 Å². The van der Waals surface area contributed by atoms with E-state index < -0.39 is 11.4 Å². The summed E-state index contributed by atoms with van der Waals surface area (Å²) in [7, 11) is 0. The van der Waals surface area contributed by atoms with Gasteiger partial charge in [-0.05, 0) is 44.2 Å². The Balaban J connectivity index is 2.49. The number of benzene rings is 1. The van der Waals surface area contributed by atoms with Crippen molar-refractivity contribution in [2.45, 2.75) is 52.5 Å². The molecule has 1 aromatic carbocycles. The maximum Gasteiger partial charge on any atom is 0.310 e. The zero-order chi connectivity index (χ0) is 15.9. The number of aryl methyl sites for hydroxylation is 1. The molecule has 4 heteroatoms. The highest BCUT2D eigenvalue weighted by Gasteiger charge is 2.34. The first-order valence-corrected chi connectivity index (χ1v) is 7.65.